The summed E-state index contributed by atoms with van der Waals surface area (Å²) in [6, 6.07) is 18.8. The number of hydrogen-bond donors (Lipinski definition) is 1. The zero-order valence-electron chi connectivity index (χ0n) is 14.9. The van der Waals surface area contributed by atoms with E-state index in [-0.39, 0.29) is 5.91 Å². The van der Waals surface area contributed by atoms with Crippen LogP contribution in [0.4, 0.5) is 8.78 Å². The fourth-order valence-corrected chi connectivity index (χ4v) is 3.18. The molecule has 0 aliphatic carbocycles. The van der Waals surface area contributed by atoms with Crippen molar-refractivity contribution in [3.8, 4) is 11.1 Å². The number of para-hydroxylation sites is 1. The Bertz CT molecular complexity index is 1140. The van der Waals surface area contributed by atoms with Crippen LogP contribution in [0.1, 0.15) is 15.9 Å². The first-order valence-corrected chi connectivity index (χ1v) is 8.91. The van der Waals surface area contributed by atoms with Gasteiger partial charge in [-0.1, -0.05) is 48.5 Å². The monoisotopic (exact) mass is 377 g/mol. The van der Waals surface area contributed by atoms with E-state index < -0.39 is 11.6 Å². The Balaban J connectivity index is 1.57. The molecule has 1 aromatic heterocycles. The van der Waals surface area contributed by atoms with E-state index in [1.54, 1.807) is 18.2 Å². The summed E-state index contributed by atoms with van der Waals surface area (Å²) in [5, 5.41) is 3.56. The third-order valence-corrected chi connectivity index (χ3v) is 4.62. The fraction of sp³-hybridized carbons (Fsp3) is 0.0870. The zero-order chi connectivity index (χ0) is 19.5. The van der Waals surface area contributed by atoms with Gasteiger partial charge >= 0.3 is 0 Å². The van der Waals surface area contributed by atoms with Crippen LogP contribution >= 0.6 is 0 Å². The number of amides is 1. The van der Waals surface area contributed by atoms with Gasteiger partial charge in [0.2, 0.25) is 0 Å². The van der Waals surface area contributed by atoms with E-state index in [0.717, 1.165) is 24.1 Å². The second-order valence-electron chi connectivity index (χ2n) is 6.45. The van der Waals surface area contributed by atoms with E-state index in [4.69, 9.17) is 4.42 Å². The molecule has 28 heavy (non-hydrogen) atoms. The molecule has 1 N–H and O–H groups in total. The van der Waals surface area contributed by atoms with Gasteiger partial charge in [0, 0.05) is 17.5 Å². The lowest BCUT2D eigenvalue weighted by atomic mass is 10.0. The maximum Gasteiger partial charge on any atom is 0.255 e. The van der Waals surface area contributed by atoms with Crippen molar-refractivity contribution in [1.82, 2.24) is 5.32 Å². The average molecular weight is 377 g/mol. The summed E-state index contributed by atoms with van der Waals surface area (Å²) >= 11 is 0. The number of nitrogens with one attached hydrogen (secondary N) is 1. The Morgan fingerprint density at radius 1 is 0.929 bits per heavy atom. The van der Waals surface area contributed by atoms with Crippen molar-refractivity contribution >= 4 is 16.9 Å². The lowest BCUT2D eigenvalue weighted by molar-refractivity contribution is 0.0955. The van der Waals surface area contributed by atoms with Crippen molar-refractivity contribution in [2.45, 2.75) is 6.42 Å². The fourth-order valence-electron chi connectivity index (χ4n) is 3.18. The van der Waals surface area contributed by atoms with Crippen LogP contribution in [0.5, 0.6) is 0 Å². The predicted molar refractivity (Wildman–Crippen MR) is 104 cm³/mol. The van der Waals surface area contributed by atoms with Crippen molar-refractivity contribution < 1.29 is 18.0 Å². The molecule has 140 valence electrons. The molecule has 0 saturated carbocycles. The summed E-state index contributed by atoms with van der Waals surface area (Å²) in [5.74, 6) is -2.08. The second kappa shape index (κ2) is 7.64. The summed E-state index contributed by atoms with van der Waals surface area (Å²) < 4.78 is 32.4. The molecule has 1 amide bonds. The standard InChI is InChI=1S/C23H17F2NO2/c24-20-10-9-16(13-21(20)25)19-14-28-22-17(19)7-4-8-18(22)23(27)26-12-11-15-5-2-1-3-6-15/h1-10,13-14H,11-12H2,(H,26,27). The van der Waals surface area contributed by atoms with Crippen LogP contribution in [-0.2, 0) is 6.42 Å². The molecule has 5 heteroatoms. The highest BCUT2D eigenvalue weighted by molar-refractivity contribution is 6.08. The number of carbonyl (C=O) groups excluding carboxylic acids is 1. The highest BCUT2D eigenvalue weighted by Gasteiger charge is 2.17. The summed E-state index contributed by atoms with van der Waals surface area (Å²) in [5.41, 5.74) is 3.05. The Hall–Kier alpha value is -3.47. The molecule has 0 aliphatic heterocycles. The maximum atomic E-state index is 13.6. The van der Waals surface area contributed by atoms with Crippen molar-refractivity contribution in [3.05, 3.63) is 95.8 Å². The third kappa shape index (κ3) is 3.51. The minimum atomic E-state index is -0.929. The number of rotatable bonds is 5. The summed E-state index contributed by atoms with van der Waals surface area (Å²) in [7, 11) is 0. The predicted octanol–water partition coefficient (Wildman–Crippen LogP) is 5.35. The van der Waals surface area contributed by atoms with Crippen LogP contribution < -0.4 is 5.32 Å². The van der Waals surface area contributed by atoms with E-state index in [9.17, 15) is 13.6 Å². The van der Waals surface area contributed by atoms with Gasteiger partial charge in [-0.05, 0) is 35.7 Å². The van der Waals surface area contributed by atoms with Crippen molar-refractivity contribution in [1.29, 1.82) is 0 Å². The van der Waals surface area contributed by atoms with Gasteiger partial charge in [-0.15, -0.1) is 0 Å². The lowest BCUT2D eigenvalue weighted by Crippen LogP contribution is -2.25. The summed E-state index contributed by atoms with van der Waals surface area (Å²) in [6.45, 7) is 0.496. The highest BCUT2D eigenvalue weighted by Crippen LogP contribution is 2.33. The van der Waals surface area contributed by atoms with Gasteiger partial charge in [-0.3, -0.25) is 4.79 Å². The van der Waals surface area contributed by atoms with Gasteiger partial charge in [0.25, 0.3) is 5.91 Å². The Morgan fingerprint density at radius 2 is 1.75 bits per heavy atom. The van der Waals surface area contributed by atoms with Gasteiger partial charge in [0.1, 0.15) is 5.58 Å². The molecule has 0 unspecified atom stereocenters. The van der Waals surface area contributed by atoms with Gasteiger partial charge in [-0.25, -0.2) is 8.78 Å². The van der Waals surface area contributed by atoms with Crippen LogP contribution in [0.15, 0.2) is 77.4 Å². The summed E-state index contributed by atoms with van der Waals surface area (Å²) in [6.07, 6.45) is 2.18. The number of benzene rings is 3. The van der Waals surface area contributed by atoms with Crippen molar-refractivity contribution in [2.24, 2.45) is 0 Å². The van der Waals surface area contributed by atoms with Crippen molar-refractivity contribution in [2.75, 3.05) is 6.54 Å². The molecule has 0 bridgehead atoms. The van der Waals surface area contributed by atoms with E-state index in [1.807, 2.05) is 30.3 Å². The normalized spacial score (nSPS) is 10.9. The molecular weight excluding hydrogens is 360 g/mol. The Labute approximate surface area is 160 Å². The Kier molecular flexibility index (Phi) is 4.89. The first kappa shape index (κ1) is 17.9. The molecule has 0 fully saturated rings. The van der Waals surface area contributed by atoms with E-state index in [2.05, 4.69) is 5.32 Å². The minimum Gasteiger partial charge on any atom is -0.463 e. The zero-order valence-corrected chi connectivity index (χ0v) is 14.9. The first-order chi connectivity index (χ1) is 13.6. The average Bonchev–Trinajstić information content (AvgIpc) is 3.15. The second-order valence-corrected chi connectivity index (χ2v) is 6.45. The minimum absolute atomic E-state index is 0.243. The number of furan rings is 1. The van der Waals surface area contributed by atoms with E-state index in [1.165, 1.54) is 12.3 Å². The SMILES string of the molecule is O=C(NCCc1ccccc1)c1cccc2c(-c3ccc(F)c(F)c3)coc12. The van der Waals surface area contributed by atoms with Gasteiger partial charge in [-0.2, -0.15) is 0 Å². The largest absolute Gasteiger partial charge is 0.463 e. The quantitative estimate of drug-likeness (QED) is 0.509. The molecule has 4 aromatic rings. The van der Waals surface area contributed by atoms with Gasteiger partial charge in [0.15, 0.2) is 11.6 Å². The van der Waals surface area contributed by atoms with Crippen LogP contribution in [0.25, 0.3) is 22.1 Å². The number of fused-ring (bicyclic) bond motifs is 1. The molecule has 3 nitrogen and oxygen atoms in total. The van der Waals surface area contributed by atoms with E-state index in [0.29, 0.717) is 34.2 Å². The molecule has 0 radical (unpaired) electrons. The molecule has 3 aromatic carbocycles. The lowest BCUT2D eigenvalue weighted by Gasteiger charge is -2.06. The van der Waals surface area contributed by atoms with Crippen LogP contribution in [-0.4, -0.2) is 12.5 Å². The molecule has 0 spiro atoms. The summed E-state index contributed by atoms with van der Waals surface area (Å²) in [4.78, 5) is 12.6. The van der Waals surface area contributed by atoms with Crippen LogP contribution in [0.3, 0.4) is 0 Å². The third-order valence-electron chi connectivity index (χ3n) is 4.62. The molecule has 4 rings (SSSR count). The molecule has 0 aliphatic rings. The highest BCUT2D eigenvalue weighted by atomic mass is 19.2. The van der Waals surface area contributed by atoms with Crippen molar-refractivity contribution in [3.63, 3.8) is 0 Å². The topological polar surface area (TPSA) is 42.2 Å². The molecule has 1 heterocycles. The number of halogens is 2. The van der Waals surface area contributed by atoms with E-state index >= 15 is 0 Å². The number of carbonyl (C=O) groups is 1. The van der Waals surface area contributed by atoms with Gasteiger partial charge < -0.3 is 9.73 Å². The smallest absolute Gasteiger partial charge is 0.255 e. The molecular formula is C23H17F2NO2. The van der Waals surface area contributed by atoms with Crippen LogP contribution in [0, 0.1) is 11.6 Å². The maximum absolute atomic E-state index is 13.6. The molecule has 0 atom stereocenters. The van der Waals surface area contributed by atoms with Gasteiger partial charge in [0.05, 0.1) is 11.8 Å². The Morgan fingerprint density at radius 3 is 2.54 bits per heavy atom. The molecule has 0 saturated heterocycles. The first-order valence-electron chi connectivity index (χ1n) is 8.91. The van der Waals surface area contributed by atoms with Crippen LogP contribution in [0.2, 0.25) is 0 Å². The number of hydrogen-bond acceptors (Lipinski definition) is 2.